The molecule has 0 atom stereocenters. The number of halogens is 1. The van der Waals surface area contributed by atoms with Crippen LogP contribution < -0.4 is 5.32 Å². The first kappa shape index (κ1) is 13.8. The molecule has 0 radical (unpaired) electrons. The fourth-order valence-corrected chi connectivity index (χ4v) is 1.58. The highest BCUT2D eigenvalue weighted by atomic mass is 35.5. The lowest BCUT2D eigenvalue weighted by molar-refractivity contribution is 0.190. The number of aryl methyl sites for hydroxylation is 1. The largest absolute Gasteiger partial charge is 0.395 e. The Morgan fingerprint density at radius 2 is 2.24 bits per heavy atom. The van der Waals surface area contributed by atoms with Crippen molar-refractivity contribution in [1.82, 2.24) is 10.2 Å². The van der Waals surface area contributed by atoms with E-state index in [0.29, 0.717) is 18.1 Å². The molecule has 0 saturated heterocycles. The van der Waals surface area contributed by atoms with Gasteiger partial charge in [-0.05, 0) is 30.2 Å². The SMILES string of the molecule is Cc1ccc(Cl)cc1CNC(=O)N(C)CCO. The number of rotatable bonds is 4. The Balaban J connectivity index is 2.55. The van der Waals surface area contributed by atoms with E-state index in [0.717, 1.165) is 11.1 Å². The van der Waals surface area contributed by atoms with Gasteiger partial charge in [0.1, 0.15) is 0 Å². The summed E-state index contributed by atoms with van der Waals surface area (Å²) >= 11 is 5.89. The van der Waals surface area contributed by atoms with Crippen LogP contribution in [0.5, 0.6) is 0 Å². The van der Waals surface area contributed by atoms with Gasteiger partial charge in [0.15, 0.2) is 0 Å². The summed E-state index contributed by atoms with van der Waals surface area (Å²) in [6.45, 7) is 2.68. The van der Waals surface area contributed by atoms with E-state index >= 15 is 0 Å². The Kier molecular flexibility index (Phi) is 5.25. The normalized spacial score (nSPS) is 10.1. The third-order valence-electron chi connectivity index (χ3n) is 2.52. The molecule has 0 spiro atoms. The number of nitrogens with one attached hydrogen (secondary N) is 1. The summed E-state index contributed by atoms with van der Waals surface area (Å²) in [5.74, 6) is 0. The number of likely N-dealkylation sites (N-methyl/N-ethyl adjacent to an activating group) is 1. The van der Waals surface area contributed by atoms with E-state index < -0.39 is 0 Å². The summed E-state index contributed by atoms with van der Waals surface area (Å²) in [4.78, 5) is 13.0. The maximum Gasteiger partial charge on any atom is 0.317 e. The average Bonchev–Trinajstić information content (AvgIpc) is 2.30. The summed E-state index contributed by atoms with van der Waals surface area (Å²) < 4.78 is 0. The molecule has 0 aliphatic rings. The zero-order chi connectivity index (χ0) is 12.8. The molecule has 1 aromatic rings. The number of nitrogens with zero attached hydrogens (tertiary/aromatic N) is 1. The standard InChI is InChI=1S/C12H17ClN2O2/c1-9-3-4-11(13)7-10(9)8-14-12(17)15(2)5-6-16/h3-4,7,16H,5-6,8H2,1-2H3,(H,14,17). The maximum absolute atomic E-state index is 11.6. The van der Waals surface area contributed by atoms with Crippen molar-refractivity contribution in [3.63, 3.8) is 0 Å². The molecule has 0 heterocycles. The predicted octanol–water partition coefficient (Wildman–Crippen LogP) is 1.78. The van der Waals surface area contributed by atoms with Crippen LogP contribution in [0.4, 0.5) is 4.79 Å². The van der Waals surface area contributed by atoms with Crippen LogP contribution in [0.25, 0.3) is 0 Å². The number of benzene rings is 1. The van der Waals surface area contributed by atoms with Gasteiger partial charge in [0, 0.05) is 25.2 Å². The van der Waals surface area contributed by atoms with Gasteiger partial charge in [-0.3, -0.25) is 0 Å². The Bertz CT molecular complexity index is 396. The summed E-state index contributed by atoms with van der Waals surface area (Å²) in [5.41, 5.74) is 2.07. The van der Waals surface area contributed by atoms with E-state index in [9.17, 15) is 4.79 Å². The van der Waals surface area contributed by atoms with Crippen molar-refractivity contribution < 1.29 is 9.90 Å². The van der Waals surface area contributed by atoms with Crippen LogP contribution in [0.2, 0.25) is 5.02 Å². The molecule has 0 unspecified atom stereocenters. The molecule has 0 aliphatic carbocycles. The van der Waals surface area contributed by atoms with Crippen LogP contribution in [0.15, 0.2) is 18.2 Å². The zero-order valence-corrected chi connectivity index (χ0v) is 10.8. The minimum atomic E-state index is -0.210. The smallest absolute Gasteiger partial charge is 0.317 e. The molecule has 1 rings (SSSR count). The van der Waals surface area contributed by atoms with Gasteiger partial charge >= 0.3 is 6.03 Å². The summed E-state index contributed by atoms with van der Waals surface area (Å²) in [7, 11) is 1.64. The minimum Gasteiger partial charge on any atom is -0.395 e. The Labute approximate surface area is 106 Å². The van der Waals surface area contributed by atoms with Crippen molar-refractivity contribution in [3.8, 4) is 0 Å². The van der Waals surface area contributed by atoms with Crippen LogP contribution in [0.1, 0.15) is 11.1 Å². The lowest BCUT2D eigenvalue weighted by Crippen LogP contribution is -2.38. The first-order valence-corrected chi connectivity index (χ1v) is 5.77. The monoisotopic (exact) mass is 256 g/mol. The summed E-state index contributed by atoms with van der Waals surface area (Å²) in [6, 6.07) is 5.36. The highest BCUT2D eigenvalue weighted by molar-refractivity contribution is 6.30. The molecule has 17 heavy (non-hydrogen) atoms. The topological polar surface area (TPSA) is 52.6 Å². The lowest BCUT2D eigenvalue weighted by Gasteiger charge is -2.17. The van der Waals surface area contributed by atoms with Crippen molar-refractivity contribution in [2.45, 2.75) is 13.5 Å². The Hall–Kier alpha value is -1.26. The molecular formula is C12H17ClN2O2. The lowest BCUT2D eigenvalue weighted by atomic mass is 10.1. The third-order valence-corrected chi connectivity index (χ3v) is 2.76. The van der Waals surface area contributed by atoms with Gasteiger partial charge < -0.3 is 15.3 Å². The minimum absolute atomic E-state index is 0.0416. The quantitative estimate of drug-likeness (QED) is 0.863. The predicted molar refractivity (Wildman–Crippen MR) is 68.1 cm³/mol. The number of amides is 2. The highest BCUT2D eigenvalue weighted by Gasteiger charge is 2.07. The van der Waals surface area contributed by atoms with E-state index in [1.54, 1.807) is 7.05 Å². The van der Waals surface area contributed by atoms with Crippen LogP contribution >= 0.6 is 11.6 Å². The van der Waals surface area contributed by atoms with Gasteiger partial charge in [-0.25, -0.2) is 4.79 Å². The number of aliphatic hydroxyl groups excluding tert-OH is 1. The first-order valence-electron chi connectivity index (χ1n) is 5.39. The molecule has 1 aromatic carbocycles. The fraction of sp³-hybridized carbons (Fsp3) is 0.417. The van der Waals surface area contributed by atoms with Crippen LogP contribution in [-0.4, -0.2) is 36.2 Å². The molecule has 4 nitrogen and oxygen atoms in total. The van der Waals surface area contributed by atoms with Crippen LogP contribution in [-0.2, 0) is 6.54 Å². The Morgan fingerprint density at radius 1 is 1.53 bits per heavy atom. The number of carbonyl (C=O) groups excluding carboxylic acids is 1. The molecule has 5 heteroatoms. The van der Waals surface area contributed by atoms with E-state index in [2.05, 4.69) is 5.32 Å². The van der Waals surface area contributed by atoms with Crippen molar-refractivity contribution in [1.29, 1.82) is 0 Å². The van der Waals surface area contributed by atoms with Gasteiger partial charge in [0.25, 0.3) is 0 Å². The van der Waals surface area contributed by atoms with Gasteiger partial charge in [0.05, 0.1) is 6.61 Å². The molecule has 2 amide bonds. The van der Waals surface area contributed by atoms with Crippen molar-refractivity contribution in [2.24, 2.45) is 0 Å². The molecule has 94 valence electrons. The van der Waals surface area contributed by atoms with Crippen molar-refractivity contribution >= 4 is 17.6 Å². The number of aliphatic hydroxyl groups is 1. The van der Waals surface area contributed by atoms with E-state index in [-0.39, 0.29) is 12.6 Å². The van der Waals surface area contributed by atoms with Gasteiger partial charge in [-0.2, -0.15) is 0 Å². The number of hydrogen-bond donors (Lipinski definition) is 2. The number of hydrogen-bond acceptors (Lipinski definition) is 2. The van der Waals surface area contributed by atoms with Gasteiger partial charge in [-0.1, -0.05) is 17.7 Å². The highest BCUT2D eigenvalue weighted by Crippen LogP contribution is 2.15. The second kappa shape index (κ2) is 6.47. The number of urea groups is 1. The summed E-state index contributed by atoms with van der Waals surface area (Å²) in [5, 5.41) is 12.1. The molecule has 2 N–H and O–H groups in total. The molecular weight excluding hydrogens is 240 g/mol. The molecule has 0 bridgehead atoms. The molecule has 0 saturated carbocycles. The third kappa shape index (κ3) is 4.24. The second-order valence-electron chi connectivity index (χ2n) is 3.87. The van der Waals surface area contributed by atoms with Crippen LogP contribution in [0.3, 0.4) is 0 Å². The fourth-order valence-electron chi connectivity index (χ4n) is 1.39. The van der Waals surface area contributed by atoms with E-state index in [1.807, 2.05) is 25.1 Å². The molecule has 0 aliphatic heterocycles. The van der Waals surface area contributed by atoms with Crippen LogP contribution in [0, 0.1) is 6.92 Å². The average molecular weight is 257 g/mol. The van der Waals surface area contributed by atoms with Crippen molar-refractivity contribution in [2.75, 3.05) is 20.2 Å². The van der Waals surface area contributed by atoms with E-state index in [4.69, 9.17) is 16.7 Å². The number of carbonyl (C=O) groups is 1. The zero-order valence-electron chi connectivity index (χ0n) is 10.0. The second-order valence-corrected chi connectivity index (χ2v) is 4.31. The first-order chi connectivity index (χ1) is 8.04. The van der Waals surface area contributed by atoms with E-state index in [1.165, 1.54) is 4.90 Å². The maximum atomic E-state index is 11.6. The summed E-state index contributed by atoms with van der Waals surface area (Å²) in [6.07, 6.45) is 0. The molecule has 0 fully saturated rings. The van der Waals surface area contributed by atoms with Gasteiger partial charge in [0.2, 0.25) is 0 Å². The molecule has 0 aromatic heterocycles. The Morgan fingerprint density at radius 3 is 2.88 bits per heavy atom. The van der Waals surface area contributed by atoms with Crippen molar-refractivity contribution in [3.05, 3.63) is 34.3 Å². The van der Waals surface area contributed by atoms with Gasteiger partial charge in [-0.15, -0.1) is 0 Å².